The molecule has 1 unspecified atom stereocenters. The molecule has 1 aromatic carbocycles. The molecule has 2 N–H and O–H groups in total. The molecule has 1 amide bonds. The van der Waals surface area contributed by atoms with Crippen LogP contribution in [0, 0.1) is 12.7 Å². The zero-order valence-corrected chi connectivity index (χ0v) is 16.2. The highest BCUT2D eigenvalue weighted by Crippen LogP contribution is 2.13. The fraction of sp³-hybridized carbons (Fsp3) is 0.579. The van der Waals surface area contributed by atoms with Crippen LogP contribution in [0.3, 0.4) is 0 Å². The molecular formula is C19H29FN4O2. The largest absolute Gasteiger partial charge is 0.444 e. The van der Waals surface area contributed by atoms with Gasteiger partial charge in [0.2, 0.25) is 0 Å². The van der Waals surface area contributed by atoms with Crippen molar-refractivity contribution in [2.24, 2.45) is 4.99 Å². The molecular weight excluding hydrogens is 335 g/mol. The lowest BCUT2D eigenvalue weighted by atomic mass is 10.1. The van der Waals surface area contributed by atoms with Gasteiger partial charge in [-0.25, -0.2) is 9.18 Å². The van der Waals surface area contributed by atoms with Crippen molar-refractivity contribution in [2.75, 3.05) is 20.1 Å². The Bertz CT molecular complexity index is 670. The highest BCUT2D eigenvalue weighted by atomic mass is 19.1. The van der Waals surface area contributed by atoms with Gasteiger partial charge in [-0.05, 0) is 51.3 Å². The van der Waals surface area contributed by atoms with Crippen molar-refractivity contribution in [3.8, 4) is 0 Å². The molecule has 1 heterocycles. The van der Waals surface area contributed by atoms with E-state index >= 15 is 0 Å². The lowest BCUT2D eigenvalue weighted by Gasteiger charge is -2.23. The SMILES string of the molecule is CN=C(NCc1ccc(C)c(F)c1)N1CCC(NC(=O)OC(C)(C)C)C1. The number of aliphatic imine (C=N–C) groups is 1. The third kappa shape index (κ3) is 5.89. The number of carbonyl (C=O) groups excluding carboxylic acids is 1. The predicted molar refractivity (Wildman–Crippen MR) is 101 cm³/mol. The van der Waals surface area contributed by atoms with E-state index in [0.29, 0.717) is 18.7 Å². The van der Waals surface area contributed by atoms with Crippen molar-refractivity contribution >= 4 is 12.1 Å². The highest BCUT2D eigenvalue weighted by Gasteiger charge is 2.27. The zero-order chi connectivity index (χ0) is 19.3. The second kappa shape index (κ2) is 8.38. The van der Waals surface area contributed by atoms with Crippen molar-refractivity contribution in [3.05, 3.63) is 35.1 Å². The smallest absolute Gasteiger partial charge is 0.407 e. The van der Waals surface area contributed by atoms with E-state index in [4.69, 9.17) is 4.74 Å². The average molecular weight is 364 g/mol. The van der Waals surface area contributed by atoms with Crippen LogP contribution >= 0.6 is 0 Å². The summed E-state index contributed by atoms with van der Waals surface area (Å²) in [4.78, 5) is 18.3. The fourth-order valence-corrected chi connectivity index (χ4v) is 2.80. The summed E-state index contributed by atoms with van der Waals surface area (Å²) >= 11 is 0. The van der Waals surface area contributed by atoms with Crippen LogP contribution in [0.1, 0.15) is 38.3 Å². The van der Waals surface area contributed by atoms with Crippen LogP contribution < -0.4 is 10.6 Å². The number of likely N-dealkylation sites (tertiary alicyclic amines) is 1. The van der Waals surface area contributed by atoms with Gasteiger partial charge in [0, 0.05) is 26.7 Å². The molecule has 1 aromatic rings. The minimum absolute atomic E-state index is 0.0141. The molecule has 144 valence electrons. The minimum atomic E-state index is -0.511. The molecule has 0 aromatic heterocycles. The summed E-state index contributed by atoms with van der Waals surface area (Å²) in [7, 11) is 1.71. The van der Waals surface area contributed by atoms with E-state index in [2.05, 4.69) is 20.5 Å². The maximum absolute atomic E-state index is 13.7. The maximum Gasteiger partial charge on any atom is 0.407 e. The first-order chi connectivity index (χ1) is 12.2. The molecule has 1 aliphatic heterocycles. The van der Waals surface area contributed by atoms with Crippen molar-refractivity contribution in [1.82, 2.24) is 15.5 Å². The third-order valence-corrected chi connectivity index (χ3v) is 4.11. The van der Waals surface area contributed by atoms with Crippen LogP contribution in [0.15, 0.2) is 23.2 Å². The van der Waals surface area contributed by atoms with Gasteiger partial charge in [-0.15, -0.1) is 0 Å². The Balaban J connectivity index is 1.85. The predicted octanol–water partition coefficient (Wildman–Crippen LogP) is 2.81. The minimum Gasteiger partial charge on any atom is -0.444 e. The van der Waals surface area contributed by atoms with Gasteiger partial charge in [-0.1, -0.05) is 12.1 Å². The highest BCUT2D eigenvalue weighted by molar-refractivity contribution is 5.80. The Hall–Kier alpha value is -2.31. The van der Waals surface area contributed by atoms with Crippen LogP contribution in [0.2, 0.25) is 0 Å². The molecule has 1 saturated heterocycles. The number of rotatable bonds is 3. The molecule has 1 aliphatic rings. The lowest BCUT2D eigenvalue weighted by molar-refractivity contribution is 0.0507. The number of benzene rings is 1. The number of hydrogen-bond donors (Lipinski definition) is 2. The number of amides is 1. The van der Waals surface area contributed by atoms with E-state index in [-0.39, 0.29) is 11.9 Å². The molecule has 0 aliphatic carbocycles. The van der Waals surface area contributed by atoms with Crippen LogP contribution in [-0.4, -0.2) is 48.7 Å². The number of carbonyl (C=O) groups is 1. The summed E-state index contributed by atoms with van der Waals surface area (Å²) in [5.41, 5.74) is 0.981. The van der Waals surface area contributed by atoms with E-state index in [1.807, 2.05) is 26.8 Å². The number of alkyl carbamates (subject to hydrolysis) is 1. The average Bonchev–Trinajstić information content (AvgIpc) is 2.97. The number of nitrogens with zero attached hydrogens (tertiary/aromatic N) is 2. The summed E-state index contributed by atoms with van der Waals surface area (Å²) in [6.45, 7) is 9.19. The summed E-state index contributed by atoms with van der Waals surface area (Å²) < 4.78 is 19.0. The second-order valence-corrected chi connectivity index (χ2v) is 7.56. The van der Waals surface area contributed by atoms with Gasteiger partial charge in [-0.3, -0.25) is 4.99 Å². The molecule has 7 heteroatoms. The summed E-state index contributed by atoms with van der Waals surface area (Å²) in [5, 5.41) is 6.15. The number of halogens is 1. The molecule has 0 saturated carbocycles. The first-order valence-electron chi connectivity index (χ1n) is 8.88. The summed E-state index contributed by atoms with van der Waals surface area (Å²) in [5.74, 6) is 0.529. The molecule has 0 spiro atoms. The molecule has 6 nitrogen and oxygen atoms in total. The quantitative estimate of drug-likeness (QED) is 0.639. The molecule has 0 radical (unpaired) electrons. The first kappa shape index (κ1) is 20.0. The van der Waals surface area contributed by atoms with Gasteiger partial charge in [0.15, 0.2) is 5.96 Å². The fourth-order valence-electron chi connectivity index (χ4n) is 2.80. The Morgan fingerprint density at radius 1 is 1.42 bits per heavy atom. The van der Waals surface area contributed by atoms with Gasteiger partial charge in [0.25, 0.3) is 0 Å². The van der Waals surface area contributed by atoms with E-state index in [0.717, 1.165) is 24.5 Å². The number of ether oxygens (including phenoxy) is 1. The van der Waals surface area contributed by atoms with E-state index in [1.165, 1.54) is 6.07 Å². The molecule has 1 fully saturated rings. The van der Waals surface area contributed by atoms with Crippen molar-refractivity contribution in [3.63, 3.8) is 0 Å². The van der Waals surface area contributed by atoms with Crippen molar-refractivity contribution in [1.29, 1.82) is 0 Å². The van der Waals surface area contributed by atoms with E-state index in [9.17, 15) is 9.18 Å². The van der Waals surface area contributed by atoms with Crippen molar-refractivity contribution < 1.29 is 13.9 Å². The monoisotopic (exact) mass is 364 g/mol. The number of nitrogens with one attached hydrogen (secondary N) is 2. The summed E-state index contributed by atoms with van der Waals surface area (Å²) in [6.07, 6.45) is 0.418. The van der Waals surface area contributed by atoms with Gasteiger partial charge < -0.3 is 20.3 Å². The zero-order valence-electron chi connectivity index (χ0n) is 16.2. The third-order valence-electron chi connectivity index (χ3n) is 4.11. The Labute approximate surface area is 154 Å². The van der Waals surface area contributed by atoms with Gasteiger partial charge in [-0.2, -0.15) is 0 Å². The summed E-state index contributed by atoms with van der Waals surface area (Å²) in [6, 6.07) is 5.22. The van der Waals surface area contributed by atoms with Crippen LogP contribution in [0.25, 0.3) is 0 Å². The topological polar surface area (TPSA) is 66.0 Å². The van der Waals surface area contributed by atoms with Gasteiger partial charge in [0.1, 0.15) is 11.4 Å². The lowest BCUT2D eigenvalue weighted by Crippen LogP contribution is -2.44. The van der Waals surface area contributed by atoms with E-state index < -0.39 is 11.7 Å². The molecule has 1 atom stereocenters. The second-order valence-electron chi connectivity index (χ2n) is 7.56. The first-order valence-corrected chi connectivity index (χ1v) is 8.88. The Morgan fingerprint density at radius 2 is 2.15 bits per heavy atom. The molecule has 0 bridgehead atoms. The van der Waals surface area contributed by atoms with Crippen molar-refractivity contribution in [2.45, 2.75) is 52.3 Å². The molecule has 26 heavy (non-hydrogen) atoms. The van der Waals surface area contributed by atoms with E-state index in [1.54, 1.807) is 20.0 Å². The number of aryl methyl sites for hydroxylation is 1. The standard InChI is InChI=1S/C19H29FN4O2/c1-13-6-7-14(10-16(13)20)11-22-17(21-5)24-9-8-15(12-24)23-18(25)26-19(2,3)4/h6-7,10,15H,8-9,11-12H2,1-5H3,(H,21,22)(H,23,25). The van der Waals surface area contributed by atoms with Gasteiger partial charge in [0.05, 0.1) is 6.04 Å². The van der Waals surface area contributed by atoms with Crippen LogP contribution in [0.4, 0.5) is 9.18 Å². The number of guanidine groups is 1. The molecule has 2 rings (SSSR count). The van der Waals surface area contributed by atoms with Crippen LogP contribution in [0.5, 0.6) is 0 Å². The van der Waals surface area contributed by atoms with Gasteiger partial charge >= 0.3 is 6.09 Å². The Morgan fingerprint density at radius 3 is 2.77 bits per heavy atom. The normalized spacial score (nSPS) is 18.0. The van der Waals surface area contributed by atoms with Crippen LogP contribution in [-0.2, 0) is 11.3 Å². The Kier molecular flexibility index (Phi) is 6.45. The maximum atomic E-state index is 13.7. The number of hydrogen-bond acceptors (Lipinski definition) is 3.